The smallest absolute Gasteiger partial charge is 0.378 e. The average Bonchev–Trinajstić information content (AvgIpc) is 3.35. The van der Waals surface area contributed by atoms with Crippen LogP contribution in [0.2, 0.25) is 0 Å². The minimum Gasteiger partial charge on any atom is -0.378 e. The molecule has 1 aliphatic rings. The molecule has 1 fully saturated rings. The second kappa shape index (κ2) is 6.81. The third-order valence-electron chi connectivity index (χ3n) is 5.47. The first-order valence-corrected chi connectivity index (χ1v) is 9.63. The summed E-state index contributed by atoms with van der Waals surface area (Å²) in [6.07, 6.45) is 1.89. The summed E-state index contributed by atoms with van der Waals surface area (Å²) in [6, 6.07) is 9.11. The average molecular weight is 399 g/mol. The summed E-state index contributed by atoms with van der Waals surface area (Å²) in [7, 11) is 0. The van der Waals surface area contributed by atoms with Crippen molar-refractivity contribution in [3.8, 4) is 11.1 Å². The van der Waals surface area contributed by atoms with Crippen molar-refractivity contribution in [1.29, 1.82) is 0 Å². The Hall–Kier alpha value is -3.00. The minimum atomic E-state index is -4.53. The van der Waals surface area contributed by atoms with Gasteiger partial charge in [0.05, 0.1) is 5.69 Å². The third kappa shape index (κ3) is 3.13. The van der Waals surface area contributed by atoms with E-state index < -0.39 is 11.9 Å². The Morgan fingerprint density at radius 2 is 2.03 bits per heavy atom. The molecule has 3 N–H and O–H groups in total. The van der Waals surface area contributed by atoms with Crippen LogP contribution >= 0.6 is 0 Å². The van der Waals surface area contributed by atoms with Crippen molar-refractivity contribution in [1.82, 2.24) is 19.7 Å². The van der Waals surface area contributed by atoms with Gasteiger partial charge in [0.2, 0.25) is 0 Å². The maximum atomic E-state index is 14.1. The van der Waals surface area contributed by atoms with Gasteiger partial charge in [0.25, 0.3) is 0 Å². The zero-order valence-corrected chi connectivity index (χ0v) is 15.6. The van der Waals surface area contributed by atoms with Gasteiger partial charge < -0.3 is 15.6 Å². The number of aromatic amines is 1. The largest absolute Gasteiger partial charge is 0.432 e. The lowest BCUT2D eigenvalue weighted by molar-refractivity contribution is -0.141. The lowest BCUT2D eigenvalue weighted by Gasteiger charge is -2.26. The number of hydrogen-bond donors (Lipinski definition) is 3. The van der Waals surface area contributed by atoms with Crippen molar-refractivity contribution in [2.45, 2.75) is 25.1 Å². The zero-order valence-electron chi connectivity index (χ0n) is 15.6. The van der Waals surface area contributed by atoms with Gasteiger partial charge in [-0.15, -0.1) is 0 Å². The molecule has 1 saturated heterocycles. The molecule has 0 saturated carbocycles. The summed E-state index contributed by atoms with van der Waals surface area (Å²) in [5.41, 5.74) is 1.62. The van der Waals surface area contributed by atoms with Gasteiger partial charge in [-0.25, -0.2) is 4.98 Å². The topological polar surface area (TPSA) is 57.2 Å². The molecule has 0 spiro atoms. The predicted octanol–water partition coefficient (Wildman–Crippen LogP) is 4.67. The van der Waals surface area contributed by atoms with Gasteiger partial charge in [-0.3, -0.25) is 4.40 Å². The zero-order chi connectivity index (χ0) is 20.0. The Morgan fingerprint density at radius 3 is 2.83 bits per heavy atom. The summed E-state index contributed by atoms with van der Waals surface area (Å²) in [5, 5.41) is 7.49. The number of nitrogens with one attached hydrogen (secondary N) is 3. The van der Waals surface area contributed by atoms with E-state index in [9.17, 15) is 13.2 Å². The van der Waals surface area contributed by atoms with Crippen molar-refractivity contribution in [3.05, 3.63) is 54.6 Å². The van der Waals surface area contributed by atoms with Crippen molar-refractivity contribution < 1.29 is 13.2 Å². The number of H-pyrrole nitrogens is 1. The first-order valence-electron chi connectivity index (χ1n) is 9.63. The number of hydrogen-bond acceptors (Lipinski definition) is 3. The van der Waals surface area contributed by atoms with Crippen LogP contribution in [0.25, 0.3) is 27.7 Å². The highest BCUT2D eigenvalue weighted by atomic mass is 19.4. The standard InChI is InChI=1S/C21H20F3N5/c22-21(23,24)19-15(16-12-27-17-6-2-1-5-14(16)17)10-18(20-26-8-9-29(19)20)28-13-4-3-7-25-11-13/h1-2,5-6,8-10,12-13,25,27-28H,3-4,7,11H2/t13-/m0/s1. The fourth-order valence-corrected chi connectivity index (χ4v) is 4.18. The summed E-state index contributed by atoms with van der Waals surface area (Å²) in [6.45, 7) is 1.74. The van der Waals surface area contributed by atoms with Crippen LogP contribution in [0, 0.1) is 0 Å². The molecule has 0 bridgehead atoms. The molecule has 0 amide bonds. The molecule has 150 valence electrons. The van der Waals surface area contributed by atoms with Crippen molar-refractivity contribution in [2.75, 3.05) is 18.4 Å². The highest BCUT2D eigenvalue weighted by Crippen LogP contribution is 2.42. The van der Waals surface area contributed by atoms with Crippen molar-refractivity contribution >= 4 is 22.2 Å². The van der Waals surface area contributed by atoms with E-state index in [0.717, 1.165) is 41.2 Å². The molecule has 1 atom stereocenters. The number of fused-ring (bicyclic) bond motifs is 2. The van der Waals surface area contributed by atoms with E-state index >= 15 is 0 Å². The van der Waals surface area contributed by atoms with Gasteiger partial charge in [-0.1, -0.05) is 18.2 Å². The minimum absolute atomic E-state index is 0.131. The van der Waals surface area contributed by atoms with Crippen LogP contribution in [0.4, 0.5) is 18.9 Å². The van der Waals surface area contributed by atoms with Crippen molar-refractivity contribution in [2.24, 2.45) is 0 Å². The Labute approximate surface area is 164 Å². The highest BCUT2D eigenvalue weighted by Gasteiger charge is 2.38. The Morgan fingerprint density at radius 1 is 1.17 bits per heavy atom. The van der Waals surface area contributed by atoms with Gasteiger partial charge >= 0.3 is 6.18 Å². The van der Waals surface area contributed by atoms with Crippen LogP contribution in [0.15, 0.2) is 48.9 Å². The molecule has 8 heteroatoms. The fourth-order valence-electron chi connectivity index (χ4n) is 4.18. The summed E-state index contributed by atoms with van der Waals surface area (Å²) >= 11 is 0. The molecule has 3 aromatic heterocycles. The number of rotatable bonds is 3. The molecule has 0 aliphatic carbocycles. The van der Waals surface area contributed by atoms with E-state index in [-0.39, 0.29) is 17.3 Å². The molecule has 4 aromatic rings. The molecule has 5 rings (SSSR count). The first kappa shape index (κ1) is 18.1. The predicted molar refractivity (Wildman–Crippen MR) is 107 cm³/mol. The SMILES string of the molecule is FC(F)(F)c1c(-c2c[nH]c3ccccc23)cc(N[C@H]2CCCNC2)c2nccn12. The van der Waals surface area contributed by atoms with Crippen LogP contribution < -0.4 is 10.6 Å². The molecular formula is C21H20F3N5. The lowest BCUT2D eigenvalue weighted by Crippen LogP contribution is -2.38. The molecule has 1 aliphatic heterocycles. The van der Waals surface area contributed by atoms with E-state index in [2.05, 4.69) is 20.6 Å². The van der Waals surface area contributed by atoms with E-state index in [4.69, 9.17) is 0 Å². The van der Waals surface area contributed by atoms with Gasteiger partial charge in [0.1, 0.15) is 5.69 Å². The Kier molecular flexibility index (Phi) is 4.24. The molecular weight excluding hydrogens is 379 g/mol. The summed E-state index contributed by atoms with van der Waals surface area (Å²) in [5.74, 6) is 0. The van der Waals surface area contributed by atoms with Crippen LogP contribution in [0.3, 0.4) is 0 Å². The highest BCUT2D eigenvalue weighted by molar-refractivity contribution is 5.97. The molecule has 1 aromatic carbocycles. The number of nitrogens with zero attached hydrogens (tertiary/aromatic N) is 2. The quantitative estimate of drug-likeness (QED) is 0.469. The maximum absolute atomic E-state index is 14.1. The number of alkyl halides is 3. The third-order valence-corrected chi connectivity index (χ3v) is 5.47. The van der Waals surface area contributed by atoms with Gasteiger partial charge in [0.15, 0.2) is 5.65 Å². The van der Waals surface area contributed by atoms with Crippen molar-refractivity contribution in [3.63, 3.8) is 0 Å². The fraction of sp³-hybridized carbons (Fsp3) is 0.286. The number of piperidine rings is 1. The Bertz CT molecular complexity index is 1170. The number of anilines is 1. The second-order valence-electron chi connectivity index (χ2n) is 7.37. The number of pyridine rings is 1. The Balaban J connectivity index is 1.74. The van der Waals surface area contributed by atoms with Gasteiger partial charge in [0, 0.05) is 53.2 Å². The van der Waals surface area contributed by atoms with E-state index in [0.29, 0.717) is 11.3 Å². The number of benzene rings is 1. The maximum Gasteiger partial charge on any atom is 0.432 e. The van der Waals surface area contributed by atoms with Crippen LogP contribution in [0.1, 0.15) is 18.5 Å². The molecule has 0 radical (unpaired) electrons. The molecule has 5 nitrogen and oxygen atoms in total. The number of aromatic nitrogens is 3. The molecule has 0 unspecified atom stereocenters. The number of imidazole rings is 1. The summed E-state index contributed by atoms with van der Waals surface area (Å²) < 4.78 is 43.6. The van der Waals surface area contributed by atoms with E-state index in [1.807, 2.05) is 24.3 Å². The first-order chi connectivity index (χ1) is 14.0. The number of halogens is 3. The second-order valence-corrected chi connectivity index (χ2v) is 7.37. The lowest BCUT2D eigenvalue weighted by atomic mass is 10.0. The van der Waals surface area contributed by atoms with E-state index in [1.165, 1.54) is 12.4 Å². The van der Waals surface area contributed by atoms with Crippen LogP contribution in [0.5, 0.6) is 0 Å². The van der Waals surface area contributed by atoms with Gasteiger partial charge in [-0.2, -0.15) is 13.2 Å². The summed E-state index contributed by atoms with van der Waals surface area (Å²) in [4.78, 5) is 7.30. The molecule has 4 heterocycles. The van der Waals surface area contributed by atoms with Crippen LogP contribution in [-0.2, 0) is 6.18 Å². The monoisotopic (exact) mass is 399 g/mol. The normalized spacial score (nSPS) is 17.8. The molecule has 29 heavy (non-hydrogen) atoms. The van der Waals surface area contributed by atoms with E-state index in [1.54, 1.807) is 12.3 Å². The van der Waals surface area contributed by atoms with Gasteiger partial charge in [-0.05, 0) is 31.5 Å². The number of para-hydroxylation sites is 1. The van der Waals surface area contributed by atoms with Crippen LogP contribution in [-0.4, -0.2) is 33.5 Å².